The van der Waals surface area contributed by atoms with Gasteiger partial charge in [-0.1, -0.05) is 24.3 Å². The van der Waals surface area contributed by atoms with Gasteiger partial charge < -0.3 is 11.1 Å². The lowest BCUT2D eigenvalue weighted by Gasteiger charge is -2.12. The van der Waals surface area contributed by atoms with Gasteiger partial charge in [0, 0.05) is 19.0 Å². The summed E-state index contributed by atoms with van der Waals surface area (Å²) >= 11 is 0. The summed E-state index contributed by atoms with van der Waals surface area (Å²) in [6.07, 6.45) is 3.05. The molecule has 1 aliphatic rings. The molecule has 0 heterocycles. The van der Waals surface area contributed by atoms with E-state index in [1.165, 1.54) is 24.0 Å². The molecule has 0 radical (unpaired) electrons. The monoisotopic (exact) mass is 232 g/mol. The lowest BCUT2D eigenvalue weighted by atomic mass is 10.1. The molecule has 17 heavy (non-hydrogen) atoms. The molecule has 0 saturated heterocycles. The third kappa shape index (κ3) is 3.86. The Balaban J connectivity index is 1.85. The second kappa shape index (κ2) is 5.32. The fraction of sp³-hybridized carbons (Fsp3) is 0.500. The molecule has 0 aliphatic heterocycles. The maximum Gasteiger partial charge on any atom is 0.218 e. The Hall–Kier alpha value is -1.35. The highest BCUT2D eigenvalue weighted by molar-refractivity contribution is 5.74. The largest absolute Gasteiger partial charge is 0.370 e. The van der Waals surface area contributed by atoms with E-state index in [2.05, 4.69) is 29.6 Å². The molecular weight excluding hydrogens is 212 g/mol. The van der Waals surface area contributed by atoms with E-state index in [-0.39, 0.29) is 11.9 Å². The minimum Gasteiger partial charge on any atom is -0.370 e. The topological polar surface area (TPSA) is 55.1 Å². The molecule has 1 unspecified atom stereocenters. The predicted octanol–water partition coefficient (Wildman–Crippen LogP) is 1.92. The Morgan fingerprint density at radius 2 is 2.29 bits per heavy atom. The van der Waals surface area contributed by atoms with E-state index in [0.717, 1.165) is 12.5 Å². The van der Waals surface area contributed by atoms with Gasteiger partial charge in [-0.2, -0.15) is 0 Å². The molecule has 1 atom stereocenters. The fourth-order valence-electron chi connectivity index (χ4n) is 2.04. The molecule has 1 aromatic rings. The molecule has 0 spiro atoms. The quantitative estimate of drug-likeness (QED) is 0.787. The van der Waals surface area contributed by atoms with Crippen molar-refractivity contribution in [2.24, 2.45) is 5.73 Å². The van der Waals surface area contributed by atoms with Crippen LogP contribution in [-0.2, 0) is 11.3 Å². The van der Waals surface area contributed by atoms with Crippen LogP contribution < -0.4 is 11.1 Å². The fourth-order valence-corrected chi connectivity index (χ4v) is 2.04. The third-order valence-corrected chi connectivity index (χ3v) is 3.16. The standard InChI is InChI=1S/C14H20N2O/c1-10(7-14(15)17)16-9-11-3-2-4-13(8-11)12-5-6-12/h2-4,8,10,12,16H,5-7,9H2,1H3,(H2,15,17). The van der Waals surface area contributed by atoms with E-state index >= 15 is 0 Å². The number of amides is 1. The molecular formula is C14H20N2O. The van der Waals surface area contributed by atoms with E-state index in [1.807, 2.05) is 6.92 Å². The molecule has 92 valence electrons. The Kier molecular flexibility index (Phi) is 3.79. The van der Waals surface area contributed by atoms with E-state index in [1.54, 1.807) is 0 Å². The zero-order valence-electron chi connectivity index (χ0n) is 10.3. The molecule has 1 aliphatic carbocycles. The first-order valence-corrected chi connectivity index (χ1v) is 6.25. The normalized spacial score (nSPS) is 16.8. The number of nitrogens with one attached hydrogen (secondary N) is 1. The van der Waals surface area contributed by atoms with Crippen LogP contribution in [0.5, 0.6) is 0 Å². The van der Waals surface area contributed by atoms with Crippen LogP contribution in [0, 0.1) is 0 Å². The molecule has 1 aromatic carbocycles. The predicted molar refractivity (Wildman–Crippen MR) is 68.5 cm³/mol. The average molecular weight is 232 g/mol. The summed E-state index contributed by atoms with van der Waals surface area (Å²) in [5.74, 6) is 0.537. The van der Waals surface area contributed by atoms with Gasteiger partial charge in [-0.15, -0.1) is 0 Å². The summed E-state index contributed by atoms with van der Waals surface area (Å²) in [5, 5.41) is 3.32. The van der Waals surface area contributed by atoms with Gasteiger partial charge in [0.2, 0.25) is 5.91 Å². The summed E-state index contributed by atoms with van der Waals surface area (Å²) in [7, 11) is 0. The van der Waals surface area contributed by atoms with Crippen LogP contribution in [0.25, 0.3) is 0 Å². The van der Waals surface area contributed by atoms with E-state index in [4.69, 9.17) is 5.73 Å². The Morgan fingerprint density at radius 3 is 2.94 bits per heavy atom. The summed E-state index contributed by atoms with van der Waals surface area (Å²) in [4.78, 5) is 10.8. The van der Waals surface area contributed by atoms with Gasteiger partial charge in [0.25, 0.3) is 0 Å². The molecule has 3 N–H and O–H groups in total. The molecule has 0 bridgehead atoms. The van der Waals surface area contributed by atoms with Gasteiger partial charge in [0.05, 0.1) is 0 Å². The van der Waals surface area contributed by atoms with Gasteiger partial charge in [-0.3, -0.25) is 4.79 Å². The minimum atomic E-state index is -0.253. The maximum absolute atomic E-state index is 10.8. The molecule has 1 amide bonds. The van der Waals surface area contributed by atoms with Crippen molar-refractivity contribution in [3.63, 3.8) is 0 Å². The van der Waals surface area contributed by atoms with E-state index in [9.17, 15) is 4.79 Å². The van der Waals surface area contributed by atoms with Crippen molar-refractivity contribution >= 4 is 5.91 Å². The van der Waals surface area contributed by atoms with Gasteiger partial charge in [0.15, 0.2) is 0 Å². The number of hydrogen-bond acceptors (Lipinski definition) is 2. The second-order valence-corrected chi connectivity index (χ2v) is 4.97. The number of primary amides is 1. The van der Waals surface area contributed by atoms with Crippen molar-refractivity contribution in [1.82, 2.24) is 5.32 Å². The van der Waals surface area contributed by atoms with Crippen LogP contribution >= 0.6 is 0 Å². The Morgan fingerprint density at radius 1 is 1.53 bits per heavy atom. The van der Waals surface area contributed by atoms with Crippen LogP contribution in [0.15, 0.2) is 24.3 Å². The van der Waals surface area contributed by atoms with Crippen LogP contribution in [0.2, 0.25) is 0 Å². The summed E-state index contributed by atoms with van der Waals surface area (Å²) in [6.45, 7) is 2.78. The average Bonchev–Trinajstić information content (AvgIpc) is 3.10. The van der Waals surface area contributed by atoms with Gasteiger partial charge in [0.1, 0.15) is 0 Å². The first-order valence-electron chi connectivity index (χ1n) is 6.25. The van der Waals surface area contributed by atoms with Gasteiger partial charge in [-0.05, 0) is 36.8 Å². The number of hydrogen-bond donors (Lipinski definition) is 2. The summed E-state index contributed by atoms with van der Waals surface area (Å²) in [5.41, 5.74) is 7.89. The zero-order valence-corrected chi connectivity index (χ0v) is 10.3. The Labute approximate surface area is 102 Å². The number of benzene rings is 1. The van der Waals surface area contributed by atoms with Crippen LogP contribution in [-0.4, -0.2) is 11.9 Å². The van der Waals surface area contributed by atoms with E-state index < -0.39 is 0 Å². The van der Waals surface area contributed by atoms with Gasteiger partial charge >= 0.3 is 0 Å². The zero-order chi connectivity index (χ0) is 12.3. The molecule has 1 saturated carbocycles. The summed E-state index contributed by atoms with van der Waals surface area (Å²) in [6, 6.07) is 8.84. The number of rotatable bonds is 6. The highest BCUT2D eigenvalue weighted by atomic mass is 16.1. The lowest BCUT2D eigenvalue weighted by Crippen LogP contribution is -2.30. The lowest BCUT2D eigenvalue weighted by molar-refractivity contribution is -0.118. The first-order chi connectivity index (χ1) is 8.15. The van der Waals surface area contributed by atoms with Crippen LogP contribution in [0.3, 0.4) is 0 Å². The molecule has 2 rings (SSSR count). The minimum absolute atomic E-state index is 0.136. The smallest absolute Gasteiger partial charge is 0.218 e. The molecule has 0 aromatic heterocycles. The maximum atomic E-state index is 10.8. The Bertz CT molecular complexity index is 399. The second-order valence-electron chi connectivity index (χ2n) is 4.97. The number of nitrogens with two attached hydrogens (primary N) is 1. The van der Waals surface area contributed by atoms with Crippen molar-refractivity contribution in [1.29, 1.82) is 0 Å². The first kappa shape index (κ1) is 12.1. The SMILES string of the molecule is CC(CC(N)=O)NCc1cccc(C2CC2)c1. The molecule has 3 nitrogen and oxygen atoms in total. The van der Waals surface area contributed by atoms with E-state index in [0.29, 0.717) is 6.42 Å². The summed E-state index contributed by atoms with van der Waals surface area (Å²) < 4.78 is 0. The molecule has 3 heteroatoms. The van der Waals surface area contributed by atoms with Crippen molar-refractivity contribution < 1.29 is 4.79 Å². The highest BCUT2D eigenvalue weighted by Gasteiger charge is 2.23. The van der Waals surface area contributed by atoms with Crippen molar-refractivity contribution in [2.45, 2.75) is 44.7 Å². The van der Waals surface area contributed by atoms with Crippen molar-refractivity contribution in [3.05, 3.63) is 35.4 Å². The molecule has 1 fully saturated rings. The van der Waals surface area contributed by atoms with Crippen LogP contribution in [0.4, 0.5) is 0 Å². The third-order valence-electron chi connectivity index (χ3n) is 3.16. The van der Waals surface area contributed by atoms with Crippen molar-refractivity contribution in [3.8, 4) is 0 Å². The highest BCUT2D eigenvalue weighted by Crippen LogP contribution is 2.40. The van der Waals surface area contributed by atoms with Crippen molar-refractivity contribution in [2.75, 3.05) is 0 Å². The number of carbonyl (C=O) groups excluding carboxylic acids is 1. The van der Waals surface area contributed by atoms with Gasteiger partial charge in [-0.25, -0.2) is 0 Å². The van der Waals surface area contributed by atoms with Crippen LogP contribution in [0.1, 0.15) is 43.2 Å². The number of carbonyl (C=O) groups is 1.